The minimum Gasteiger partial charge on any atom is -0.317 e. The van der Waals surface area contributed by atoms with Crippen LogP contribution in [0.1, 0.15) is 32.1 Å². The molecule has 2 unspecified atom stereocenters. The summed E-state index contributed by atoms with van der Waals surface area (Å²) in [6.07, 6.45) is 7.10. The summed E-state index contributed by atoms with van der Waals surface area (Å²) in [6.45, 7) is 3.68. The zero-order valence-electron chi connectivity index (χ0n) is 11.8. The van der Waals surface area contributed by atoms with Gasteiger partial charge in [0.15, 0.2) is 0 Å². The Morgan fingerprint density at radius 3 is 2.53 bits per heavy atom. The fourth-order valence-corrected chi connectivity index (χ4v) is 3.55. The van der Waals surface area contributed by atoms with E-state index < -0.39 is 0 Å². The van der Waals surface area contributed by atoms with Crippen LogP contribution >= 0.6 is 0 Å². The van der Waals surface area contributed by atoms with E-state index in [9.17, 15) is 0 Å². The Balaban J connectivity index is 1.87. The van der Waals surface area contributed by atoms with E-state index in [0.717, 1.165) is 18.0 Å². The molecule has 1 saturated heterocycles. The maximum atomic E-state index is 3.58. The van der Waals surface area contributed by atoms with Gasteiger partial charge < -0.3 is 15.1 Å². The summed E-state index contributed by atoms with van der Waals surface area (Å²) < 4.78 is 0. The number of likely N-dealkylation sites (N-methyl/N-ethyl adjacent to an activating group) is 2. The molecule has 1 aliphatic heterocycles. The van der Waals surface area contributed by atoms with Gasteiger partial charge >= 0.3 is 0 Å². The van der Waals surface area contributed by atoms with Crippen molar-refractivity contribution in [1.29, 1.82) is 0 Å². The molecule has 2 fully saturated rings. The Morgan fingerprint density at radius 2 is 1.88 bits per heavy atom. The van der Waals surface area contributed by atoms with Crippen LogP contribution in [0.2, 0.25) is 0 Å². The molecule has 2 atom stereocenters. The van der Waals surface area contributed by atoms with E-state index in [1.807, 2.05) is 0 Å². The molecule has 1 aliphatic carbocycles. The number of piperazine rings is 1. The van der Waals surface area contributed by atoms with Gasteiger partial charge in [-0.1, -0.05) is 12.8 Å². The Kier molecular flexibility index (Phi) is 4.83. The second kappa shape index (κ2) is 6.17. The van der Waals surface area contributed by atoms with Crippen molar-refractivity contribution in [3.05, 3.63) is 0 Å². The van der Waals surface area contributed by atoms with Gasteiger partial charge in [-0.2, -0.15) is 0 Å². The first-order valence-corrected chi connectivity index (χ1v) is 7.26. The van der Waals surface area contributed by atoms with Crippen molar-refractivity contribution >= 4 is 0 Å². The van der Waals surface area contributed by atoms with Gasteiger partial charge in [0.25, 0.3) is 0 Å². The highest BCUT2D eigenvalue weighted by atomic mass is 15.3. The maximum absolute atomic E-state index is 3.58. The summed E-state index contributed by atoms with van der Waals surface area (Å²) in [5.74, 6) is 0.931. The Morgan fingerprint density at radius 1 is 1.18 bits per heavy atom. The highest BCUT2D eigenvalue weighted by Crippen LogP contribution is 2.30. The smallest absolute Gasteiger partial charge is 0.0235 e. The second-order valence-electron chi connectivity index (χ2n) is 6.07. The number of nitrogens with zero attached hydrogens (tertiary/aromatic N) is 2. The fraction of sp³-hybridized carbons (Fsp3) is 1.00. The summed E-state index contributed by atoms with van der Waals surface area (Å²) in [5.41, 5.74) is 0. The Hall–Kier alpha value is -0.120. The molecular formula is C14H29N3. The molecule has 0 aromatic heterocycles. The second-order valence-corrected chi connectivity index (χ2v) is 6.07. The summed E-state index contributed by atoms with van der Waals surface area (Å²) >= 11 is 0. The number of rotatable bonds is 4. The molecule has 0 aromatic rings. The van der Waals surface area contributed by atoms with Crippen LogP contribution < -0.4 is 5.32 Å². The van der Waals surface area contributed by atoms with Gasteiger partial charge in [0, 0.05) is 31.7 Å². The fourth-order valence-electron chi connectivity index (χ4n) is 3.55. The lowest BCUT2D eigenvalue weighted by Crippen LogP contribution is -2.52. The lowest BCUT2D eigenvalue weighted by molar-refractivity contribution is 0.0955. The van der Waals surface area contributed by atoms with E-state index >= 15 is 0 Å². The van der Waals surface area contributed by atoms with Gasteiger partial charge in [0.05, 0.1) is 0 Å². The van der Waals surface area contributed by atoms with Crippen LogP contribution in [0, 0.1) is 5.92 Å². The van der Waals surface area contributed by atoms with Crippen LogP contribution in [-0.2, 0) is 0 Å². The van der Waals surface area contributed by atoms with Gasteiger partial charge in [0.1, 0.15) is 0 Å². The largest absolute Gasteiger partial charge is 0.317 e. The average Bonchev–Trinajstić information content (AvgIpc) is 2.84. The standard InChI is InChI=1S/C14H29N3/c1-15-14(12-6-4-5-7-12)10-13-11-16(2)8-9-17(13)3/h12-15H,4-11H2,1-3H3. The topological polar surface area (TPSA) is 18.5 Å². The molecule has 0 amide bonds. The highest BCUT2D eigenvalue weighted by Gasteiger charge is 2.29. The first-order chi connectivity index (χ1) is 8.20. The van der Waals surface area contributed by atoms with Gasteiger partial charge in [-0.15, -0.1) is 0 Å². The zero-order chi connectivity index (χ0) is 12.3. The molecule has 3 nitrogen and oxygen atoms in total. The molecule has 0 bridgehead atoms. The lowest BCUT2D eigenvalue weighted by Gasteiger charge is -2.40. The van der Waals surface area contributed by atoms with E-state index in [1.165, 1.54) is 51.7 Å². The van der Waals surface area contributed by atoms with Crippen molar-refractivity contribution in [2.24, 2.45) is 5.92 Å². The van der Waals surface area contributed by atoms with Crippen molar-refractivity contribution in [3.63, 3.8) is 0 Å². The molecule has 0 spiro atoms. The van der Waals surface area contributed by atoms with Gasteiger partial charge in [-0.25, -0.2) is 0 Å². The molecule has 1 heterocycles. The molecule has 2 aliphatic rings. The molecule has 0 aromatic carbocycles. The van der Waals surface area contributed by atoms with Crippen LogP contribution in [0.3, 0.4) is 0 Å². The third kappa shape index (κ3) is 3.43. The summed E-state index contributed by atoms with van der Waals surface area (Å²) in [5, 5.41) is 3.58. The SMILES string of the molecule is CNC(CC1CN(C)CCN1C)C1CCCC1. The molecule has 1 saturated carbocycles. The van der Waals surface area contributed by atoms with E-state index in [-0.39, 0.29) is 0 Å². The Bertz CT molecular complexity index is 226. The summed E-state index contributed by atoms with van der Waals surface area (Å²) in [4.78, 5) is 5.03. The predicted molar refractivity (Wildman–Crippen MR) is 73.3 cm³/mol. The maximum Gasteiger partial charge on any atom is 0.0235 e. The van der Waals surface area contributed by atoms with Crippen LogP contribution in [0.25, 0.3) is 0 Å². The average molecular weight is 239 g/mol. The molecule has 100 valence electrons. The van der Waals surface area contributed by atoms with Crippen LogP contribution in [-0.4, -0.2) is 62.7 Å². The minimum atomic E-state index is 0.733. The molecule has 2 rings (SSSR count). The van der Waals surface area contributed by atoms with Crippen molar-refractivity contribution in [2.75, 3.05) is 40.8 Å². The Labute approximate surface area is 107 Å². The third-order valence-corrected chi connectivity index (χ3v) is 4.85. The van der Waals surface area contributed by atoms with Gasteiger partial charge in [-0.05, 0) is 46.3 Å². The van der Waals surface area contributed by atoms with E-state index in [4.69, 9.17) is 0 Å². The van der Waals surface area contributed by atoms with Crippen molar-refractivity contribution in [1.82, 2.24) is 15.1 Å². The first-order valence-electron chi connectivity index (χ1n) is 7.26. The number of nitrogens with one attached hydrogen (secondary N) is 1. The predicted octanol–water partition coefficient (Wildman–Crippen LogP) is 1.40. The molecule has 3 heteroatoms. The normalized spacial score (nSPS) is 30.9. The number of hydrogen-bond donors (Lipinski definition) is 1. The van der Waals surface area contributed by atoms with E-state index in [0.29, 0.717) is 0 Å². The lowest BCUT2D eigenvalue weighted by atomic mass is 9.91. The molecular weight excluding hydrogens is 210 g/mol. The van der Waals surface area contributed by atoms with Crippen LogP contribution in [0.4, 0.5) is 0 Å². The first kappa shape index (κ1) is 13.3. The monoisotopic (exact) mass is 239 g/mol. The van der Waals surface area contributed by atoms with E-state index in [2.05, 4.69) is 36.3 Å². The van der Waals surface area contributed by atoms with Crippen molar-refractivity contribution in [2.45, 2.75) is 44.2 Å². The highest BCUT2D eigenvalue weighted by molar-refractivity contribution is 4.87. The third-order valence-electron chi connectivity index (χ3n) is 4.85. The minimum absolute atomic E-state index is 0.733. The van der Waals surface area contributed by atoms with Crippen LogP contribution in [0.15, 0.2) is 0 Å². The zero-order valence-corrected chi connectivity index (χ0v) is 11.8. The molecule has 1 N–H and O–H groups in total. The summed E-state index contributed by atoms with van der Waals surface area (Å²) in [6, 6.07) is 1.48. The van der Waals surface area contributed by atoms with Crippen molar-refractivity contribution in [3.8, 4) is 0 Å². The van der Waals surface area contributed by atoms with Gasteiger partial charge in [-0.3, -0.25) is 0 Å². The van der Waals surface area contributed by atoms with Crippen molar-refractivity contribution < 1.29 is 0 Å². The van der Waals surface area contributed by atoms with Crippen LogP contribution in [0.5, 0.6) is 0 Å². The van der Waals surface area contributed by atoms with E-state index in [1.54, 1.807) is 0 Å². The molecule has 0 radical (unpaired) electrons. The molecule has 17 heavy (non-hydrogen) atoms. The number of hydrogen-bond acceptors (Lipinski definition) is 3. The summed E-state index contributed by atoms with van der Waals surface area (Å²) in [7, 11) is 6.69. The quantitative estimate of drug-likeness (QED) is 0.800. The van der Waals surface area contributed by atoms with Gasteiger partial charge in [0.2, 0.25) is 0 Å².